The molecule has 0 aliphatic rings. The van der Waals surface area contributed by atoms with Gasteiger partial charge in [-0.25, -0.2) is 0 Å². The highest BCUT2D eigenvalue weighted by atomic mass is 16.5. The van der Waals surface area contributed by atoms with Gasteiger partial charge in [-0.2, -0.15) is 0 Å². The summed E-state index contributed by atoms with van der Waals surface area (Å²) in [4.78, 5) is 11.0. The summed E-state index contributed by atoms with van der Waals surface area (Å²) in [5.74, 6) is 0.665. The third-order valence-corrected chi connectivity index (χ3v) is 3.44. The molecular formula is C18H32O2. The Labute approximate surface area is 125 Å². The van der Waals surface area contributed by atoms with Crippen LogP contribution in [-0.4, -0.2) is 12.6 Å². The summed E-state index contributed by atoms with van der Waals surface area (Å²) in [7, 11) is 0. The summed E-state index contributed by atoms with van der Waals surface area (Å²) < 4.78 is 5.04. The van der Waals surface area contributed by atoms with Gasteiger partial charge in [0.05, 0.1) is 0 Å². The first-order valence-corrected chi connectivity index (χ1v) is 7.90. The zero-order chi connectivity index (χ0) is 15.4. The van der Waals surface area contributed by atoms with Crippen LogP contribution in [-0.2, 0) is 9.53 Å². The van der Waals surface area contributed by atoms with Crippen LogP contribution in [0, 0.1) is 5.92 Å². The fourth-order valence-corrected chi connectivity index (χ4v) is 2.01. The molecular weight excluding hydrogens is 248 g/mol. The molecule has 0 saturated heterocycles. The number of ether oxygens (including phenoxy) is 1. The second-order valence-corrected chi connectivity index (χ2v) is 5.94. The van der Waals surface area contributed by atoms with Crippen molar-refractivity contribution in [2.24, 2.45) is 5.92 Å². The fraction of sp³-hybridized carbons (Fsp3) is 0.722. The van der Waals surface area contributed by atoms with Gasteiger partial charge in [0.25, 0.3) is 0 Å². The monoisotopic (exact) mass is 280 g/mol. The Kier molecular flexibility index (Phi) is 11.1. The van der Waals surface area contributed by atoms with E-state index in [1.54, 1.807) is 0 Å². The van der Waals surface area contributed by atoms with Gasteiger partial charge in [0.15, 0.2) is 0 Å². The van der Waals surface area contributed by atoms with Crippen molar-refractivity contribution in [1.82, 2.24) is 0 Å². The molecule has 0 saturated carbocycles. The second-order valence-electron chi connectivity index (χ2n) is 5.94. The zero-order valence-electron chi connectivity index (χ0n) is 14.0. The number of allylic oxidation sites excluding steroid dienone is 3. The fourth-order valence-electron chi connectivity index (χ4n) is 2.01. The maximum Gasteiger partial charge on any atom is 0.305 e. The SMILES string of the molecule is CCC(=O)OC/C=C(\C)CCCC(C)CCC=C(C)C. The molecule has 0 radical (unpaired) electrons. The van der Waals surface area contributed by atoms with E-state index in [0.29, 0.717) is 13.0 Å². The van der Waals surface area contributed by atoms with Crippen LogP contribution in [0.15, 0.2) is 23.3 Å². The molecule has 2 nitrogen and oxygen atoms in total. The summed E-state index contributed by atoms with van der Waals surface area (Å²) >= 11 is 0. The Morgan fingerprint density at radius 1 is 1.15 bits per heavy atom. The highest BCUT2D eigenvalue weighted by Crippen LogP contribution is 2.17. The third kappa shape index (κ3) is 12.0. The minimum atomic E-state index is -0.123. The average molecular weight is 280 g/mol. The Hall–Kier alpha value is -1.05. The van der Waals surface area contributed by atoms with Crippen molar-refractivity contribution in [2.75, 3.05) is 6.61 Å². The minimum absolute atomic E-state index is 0.123. The lowest BCUT2D eigenvalue weighted by molar-refractivity contribution is -0.141. The van der Waals surface area contributed by atoms with Crippen LogP contribution in [0.25, 0.3) is 0 Å². The van der Waals surface area contributed by atoms with Crippen molar-refractivity contribution in [1.29, 1.82) is 0 Å². The molecule has 1 atom stereocenters. The summed E-state index contributed by atoms with van der Waals surface area (Å²) in [6, 6.07) is 0. The number of carbonyl (C=O) groups is 1. The van der Waals surface area contributed by atoms with E-state index < -0.39 is 0 Å². The molecule has 0 aromatic carbocycles. The predicted octanol–water partition coefficient (Wildman–Crippen LogP) is 5.44. The van der Waals surface area contributed by atoms with Crippen molar-refractivity contribution >= 4 is 5.97 Å². The van der Waals surface area contributed by atoms with Crippen LogP contribution >= 0.6 is 0 Å². The molecule has 0 amide bonds. The van der Waals surface area contributed by atoms with Crippen molar-refractivity contribution in [3.63, 3.8) is 0 Å². The summed E-state index contributed by atoms with van der Waals surface area (Å²) in [5, 5.41) is 0. The normalized spacial score (nSPS) is 12.9. The maximum atomic E-state index is 11.0. The summed E-state index contributed by atoms with van der Waals surface area (Å²) in [5.41, 5.74) is 2.74. The molecule has 0 rings (SSSR count). The summed E-state index contributed by atoms with van der Waals surface area (Å²) in [6.45, 7) is 11.0. The number of hydrogen-bond acceptors (Lipinski definition) is 2. The highest BCUT2D eigenvalue weighted by molar-refractivity contribution is 5.68. The van der Waals surface area contributed by atoms with Crippen LogP contribution in [0.4, 0.5) is 0 Å². The molecule has 0 aliphatic heterocycles. The molecule has 1 unspecified atom stereocenters. The zero-order valence-corrected chi connectivity index (χ0v) is 14.0. The van der Waals surface area contributed by atoms with Gasteiger partial charge in [0.2, 0.25) is 0 Å². The molecule has 0 aliphatic carbocycles. The average Bonchev–Trinajstić information content (AvgIpc) is 2.38. The van der Waals surface area contributed by atoms with Crippen LogP contribution in [0.5, 0.6) is 0 Å². The lowest BCUT2D eigenvalue weighted by Crippen LogP contribution is -2.02. The van der Waals surface area contributed by atoms with E-state index in [2.05, 4.69) is 33.8 Å². The van der Waals surface area contributed by atoms with E-state index in [1.807, 2.05) is 13.0 Å². The van der Waals surface area contributed by atoms with Gasteiger partial charge >= 0.3 is 5.97 Å². The van der Waals surface area contributed by atoms with Gasteiger partial charge in [0, 0.05) is 6.42 Å². The molecule has 20 heavy (non-hydrogen) atoms. The van der Waals surface area contributed by atoms with Crippen molar-refractivity contribution < 1.29 is 9.53 Å². The smallest absolute Gasteiger partial charge is 0.305 e. The lowest BCUT2D eigenvalue weighted by atomic mass is 9.97. The van der Waals surface area contributed by atoms with Crippen LogP contribution in [0.1, 0.15) is 73.1 Å². The molecule has 0 spiro atoms. The molecule has 0 bridgehead atoms. The van der Waals surface area contributed by atoms with Gasteiger partial charge in [-0.1, -0.05) is 37.5 Å². The number of hydrogen-bond donors (Lipinski definition) is 0. The van der Waals surface area contributed by atoms with Crippen LogP contribution < -0.4 is 0 Å². The number of esters is 1. The van der Waals surface area contributed by atoms with Crippen LogP contribution in [0.2, 0.25) is 0 Å². The van der Waals surface area contributed by atoms with E-state index in [-0.39, 0.29) is 5.97 Å². The van der Waals surface area contributed by atoms with E-state index in [4.69, 9.17) is 4.74 Å². The topological polar surface area (TPSA) is 26.3 Å². The quantitative estimate of drug-likeness (QED) is 0.393. The van der Waals surface area contributed by atoms with Gasteiger partial charge in [-0.3, -0.25) is 4.79 Å². The predicted molar refractivity (Wildman–Crippen MR) is 86.7 cm³/mol. The Morgan fingerprint density at radius 3 is 2.45 bits per heavy atom. The molecule has 0 heterocycles. The van der Waals surface area contributed by atoms with Gasteiger partial charge in [0.1, 0.15) is 6.61 Å². The van der Waals surface area contributed by atoms with Gasteiger partial charge < -0.3 is 4.74 Å². The molecule has 0 N–H and O–H groups in total. The standard InChI is InChI=1S/C18H32O2/c1-6-18(19)20-14-13-17(5)12-8-11-16(4)10-7-9-15(2)3/h9,13,16H,6-8,10-12,14H2,1-5H3/b17-13+. The second kappa shape index (κ2) is 11.7. The minimum Gasteiger partial charge on any atom is -0.461 e. The largest absolute Gasteiger partial charge is 0.461 e. The molecule has 0 aromatic rings. The first-order valence-electron chi connectivity index (χ1n) is 7.90. The maximum absolute atomic E-state index is 11.0. The first-order chi connectivity index (χ1) is 9.45. The number of rotatable bonds is 10. The van der Waals surface area contributed by atoms with E-state index in [9.17, 15) is 4.79 Å². The van der Waals surface area contributed by atoms with Crippen molar-refractivity contribution in [3.05, 3.63) is 23.3 Å². The van der Waals surface area contributed by atoms with E-state index in [1.165, 1.54) is 36.8 Å². The van der Waals surface area contributed by atoms with Crippen molar-refractivity contribution in [2.45, 2.75) is 73.1 Å². The molecule has 0 aromatic heterocycles. The van der Waals surface area contributed by atoms with Gasteiger partial charge in [-0.05, 0) is 58.4 Å². The van der Waals surface area contributed by atoms with Gasteiger partial charge in [-0.15, -0.1) is 0 Å². The van der Waals surface area contributed by atoms with Crippen LogP contribution in [0.3, 0.4) is 0 Å². The van der Waals surface area contributed by atoms with E-state index >= 15 is 0 Å². The molecule has 0 fully saturated rings. The Bertz CT molecular complexity index is 322. The number of carbonyl (C=O) groups excluding carboxylic acids is 1. The van der Waals surface area contributed by atoms with E-state index in [0.717, 1.165) is 12.3 Å². The summed E-state index contributed by atoms with van der Waals surface area (Å²) in [6.07, 6.45) is 10.9. The Balaban J connectivity index is 3.68. The first kappa shape index (κ1) is 18.9. The molecule has 2 heteroatoms. The molecule has 116 valence electrons. The Morgan fingerprint density at radius 2 is 1.85 bits per heavy atom. The lowest BCUT2D eigenvalue weighted by Gasteiger charge is -2.10. The third-order valence-electron chi connectivity index (χ3n) is 3.44. The van der Waals surface area contributed by atoms with Crippen molar-refractivity contribution in [3.8, 4) is 0 Å². The highest BCUT2D eigenvalue weighted by Gasteiger charge is 2.02.